The first-order valence-electron chi connectivity index (χ1n) is 7.57. The molecule has 3 heteroatoms. The monoisotopic (exact) mass is 252 g/mol. The van der Waals surface area contributed by atoms with Crippen LogP contribution in [0.2, 0.25) is 0 Å². The standard InChI is InChI=1S/C15H28N2O/c1-10(2)8-13-15(18)17(12-6-5-7-12)14(16-13)9-11(3)4/h10-14,16H,5-9H2,1-4H3. The topological polar surface area (TPSA) is 32.3 Å². The minimum Gasteiger partial charge on any atom is -0.323 e. The Morgan fingerprint density at radius 3 is 2.22 bits per heavy atom. The van der Waals surface area contributed by atoms with Gasteiger partial charge in [-0.25, -0.2) is 0 Å². The van der Waals surface area contributed by atoms with Gasteiger partial charge >= 0.3 is 0 Å². The second-order valence-electron chi connectivity index (χ2n) is 6.82. The van der Waals surface area contributed by atoms with Crippen LogP contribution in [0, 0.1) is 11.8 Å². The third-order valence-electron chi connectivity index (χ3n) is 4.15. The van der Waals surface area contributed by atoms with E-state index in [2.05, 4.69) is 37.9 Å². The summed E-state index contributed by atoms with van der Waals surface area (Å²) in [5.74, 6) is 1.57. The Morgan fingerprint density at radius 2 is 1.78 bits per heavy atom. The number of carbonyl (C=O) groups excluding carboxylic acids is 1. The van der Waals surface area contributed by atoms with Crippen molar-refractivity contribution in [1.29, 1.82) is 0 Å². The van der Waals surface area contributed by atoms with E-state index in [0.717, 1.165) is 12.8 Å². The molecule has 1 aliphatic heterocycles. The Bertz CT molecular complexity index is 297. The molecule has 2 fully saturated rings. The van der Waals surface area contributed by atoms with Gasteiger partial charge in [0.1, 0.15) is 0 Å². The van der Waals surface area contributed by atoms with E-state index in [4.69, 9.17) is 0 Å². The maximum Gasteiger partial charge on any atom is 0.241 e. The Hall–Kier alpha value is -0.570. The summed E-state index contributed by atoms with van der Waals surface area (Å²) in [5, 5.41) is 3.58. The fraction of sp³-hybridized carbons (Fsp3) is 0.933. The van der Waals surface area contributed by atoms with Crippen molar-refractivity contribution in [3.05, 3.63) is 0 Å². The molecule has 18 heavy (non-hydrogen) atoms. The number of amides is 1. The predicted octanol–water partition coefficient (Wildman–Crippen LogP) is 2.76. The van der Waals surface area contributed by atoms with Gasteiger partial charge in [-0.3, -0.25) is 10.1 Å². The van der Waals surface area contributed by atoms with Gasteiger partial charge in [-0.1, -0.05) is 27.7 Å². The van der Waals surface area contributed by atoms with Crippen LogP contribution in [-0.4, -0.2) is 29.1 Å². The van der Waals surface area contributed by atoms with Crippen LogP contribution in [0.1, 0.15) is 59.8 Å². The number of hydrogen-bond donors (Lipinski definition) is 1. The van der Waals surface area contributed by atoms with Crippen molar-refractivity contribution in [3.8, 4) is 0 Å². The van der Waals surface area contributed by atoms with Crippen molar-refractivity contribution in [2.24, 2.45) is 11.8 Å². The molecule has 1 N–H and O–H groups in total. The van der Waals surface area contributed by atoms with Crippen LogP contribution in [0.5, 0.6) is 0 Å². The summed E-state index contributed by atoms with van der Waals surface area (Å²) in [6.07, 6.45) is 6.03. The molecule has 0 aromatic rings. The van der Waals surface area contributed by atoms with Gasteiger partial charge in [0.05, 0.1) is 12.2 Å². The van der Waals surface area contributed by atoms with Crippen molar-refractivity contribution >= 4 is 5.91 Å². The highest BCUT2D eigenvalue weighted by molar-refractivity contribution is 5.84. The molecule has 0 aromatic heterocycles. The Labute approximate surface area is 111 Å². The average Bonchev–Trinajstić information content (AvgIpc) is 2.42. The number of rotatable bonds is 5. The zero-order valence-corrected chi connectivity index (χ0v) is 12.3. The lowest BCUT2D eigenvalue weighted by atomic mass is 9.90. The van der Waals surface area contributed by atoms with Crippen LogP contribution >= 0.6 is 0 Å². The number of hydrogen-bond acceptors (Lipinski definition) is 2. The number of carbonyl (C=O) groups is 1. The highest BCUT2D eigenvalue weighted by atomic mass is 16.2. The molecule has 1 amide bonds. The lowest BCUT2D eigenvalue weighted by Crippen LogP contribution is -2.48. The number of nitrogens with zero attached hydrogens (tertiary/aromatic N) is 1. The largest absolute Gasteiger partial charge is 0.323 e. The molecule has 1 aliphatic carbocycles. The summed E-state index contributed by atoms with van der Waals surface area (Å²) in [6, 6.07) is 0.584. The average molecular weight is 252 g/mol. The third kappa shape index (κ3) is 2.87. The maximum absolute atomic E-state index is 12.5. The molecule has 2 unspecified atom stereocenters. The Morgan fingerprint density at radius 1 is 1.17 bits per heavy atom. The SMILES string of the molecule is CC(C)CC1NC(CC(C)C)N(C2CCC2)C1=O. The summed E-state index contributed by atoms with van der Waals surface area (Å²) in [6.45, 7) is 8.86. The van der Waals surface area contributed by atoms with Crippen LogP contribution in [0.25, 0.3) is 0 Å². The van der Waals surface area contributed by atoms with Gasteiger partial charge in [-0.05, 0) is 43.9 Å². The van der Waals surface area contributed by atoms with E-state index in [0.29, 0.717) is 23.8 Å². The first-order valence-corrected chi connectivity index (χ1v) is 7.57. The maximum atomic E-state index is 12.5. The van der Waals surface area contributed by atoms with Gasteiger partial charge in [-0.2, -0.15) is 0 Å². The summed E-state index contributed by atoms with van der Waals surface area (Å²) >= 11 is 0. The molecule has 2 atom stereocenters. The van der Waals surface area contributed by atoms with Crippen molar-refractivity contribution in [1.82, 2.24) is 10.2 Å². The zero-order chi connectivity index (χ0) is 13.3. The number of nitrogens with one attached hydrogen (secondary N) is 1. The van der Waals surface area contributed by atoms with E-state index in [-0.39, 0.29) is 12.2 Å². The molecule has 0 bridgehead atoms. The fourth-order valence-electron chi connectivity index (χ4n) is 3.09. The van der Waals surface area contributed by atoms with E-state index < -0.39 is 0 Å². The molecule has 1 saturated carbocycles. The smallest absolute Gasteiger partial charge is 0.241 e. The molecule has 1 heterocycles. The summed E-state index contributed by atoms with van der Waals surface area (Å²) in [7, 11) is 0. The van der Waals surface area contributed by atoms with Gasteiger partial charge < -0.3 is 4.90 Å². The molecular formula is C15H28N2O. The normalized spacial score (nSPS) is 29.4. The second-order valence-corrected chi connectivity index (χ2v) is 6.82. The van der Waals surface area contributed by atoms with Gasteiger partial charge in [0.15, 0.2) is 0 Å². The highest BCUT2D eigenvalue weighted by Crippen LogP contribution is 2.32. The minimum absolute atomic E-state index is 0.0642. The minimum atomic E-state index is 0.0642. The molecular weight excluding hydrogens is 224 g/mol. The Kier molecular flexibility index (Phi) is 4.31. The molecule has 0 radical (unpaired) electrons. The van der Waals surface area contributed by atoms with Crippen molar-refractivity contribution in [3.63, 3.8) is 0 Å². The molecule has 3 nitrogen and oxygen atoms in total. The van der Waals surface area contributed by atoms with E-state index in [1.54, 1.807) is 0 Å². The lowest BCUT2D eigenvalue weighted by molar-refractivity contribution is -0.134. The van der Waals surface area contributed by atoms with Crippen LogP contribution in [0.3, 0.4) is 0 Å². The first kappa shape index (κ1) is 13.9. The van der Waals surface area contributed by atoms with Gasteiger partial charge in [0, 0.05) is 6.04 Å². The molecule has 2 rings (SSSR count). The zero-order valence-electron chi connectivity index (χ0n) is 12.3. The van der Waals surface area contributed by atoms with E-state index in [1.807, 2.05) is 0 Å². The van der Waals surface area contributed by atoms with E-state index >= 15 is 0 Å². The fourth-order valence-corrected chi connectivity index (χ4v) is 3.09. The van der Waals surface area contributed by atoms with Crippen LogP contribution in [0.15, 0.2) is 0 Å². The van der Waals surface area contributed by atoms with Crippen LogP contribution < -0.4 is 5.32 Å². The molecule has 0 spiro atoms. The third-order valence-corrected chi connectivity index (χ3v) is 4.15. The van der Waals surface area contributed by atoms with Gasteiger partial charge in [0.25, 0.3) is 0 Å². The molecule has 2 aliphatic rings. The van der Waals surface area contributed by atoms with Crippen LogP contribution in [-0.2, 0) is 4.79 Å². The molecule has 0 aromatic carbocycles. The second kappa shape index (κ2) is 5.60. The van der Waals surface area contributed by atoms with Crippen molar-refractivity contribution < 1.29 is 4.79 Å². The van der Waals surface area contributed by atoms with Crippen molar-refractivity contribution in [2.45, 2.75) is 78.0 Å². The summed E-state index contributed by atoms with van der Waals surface area (Å²) in [5.41, 5.74) is 0. The quantitative estimate of drug-likeness (QED) is 0.816. The predicted molar refractivity (Wildman–Crippen MR) is 74.1 cm³/mol. The Balaban J connectivity index is 2.04. The molecule has 104 valence electrons. The summed E-state index contributed by atoms with van der Waals surface area (Å²) < 4.78 is 0. The first-order chi connectivity index (χ1) is 8.49. The van der Waals surface area contributed by atoms with Gasteiger partial charge in [0.2, 0.25) is 5.91 Å². The summed E-state index contributed by atoms with van der Waals surface area (Å²) in [4.78, 5) is 14.7. The van der Waals surface area contributed by atoms with Crippen molar-refractivity contribution in [2.75, 3.05) is 0 Å². The van der Waals surface area contributed by atoms with E-state index in [9.17, 15) is 4.79 Å². The van der Waals surface area contributed by atoms with Gasteiger partial charge in [-0.15, -0.1) is 0 Å². The highest BCUT2D eigenvalue weighted by Gasteiger charge is 2.43. The van der Waals surface area contributed by atoms with Crippen LogP contribution in [0.4, 0.5) is 0 Å². The molecule has 1 saturated heterocycles. The van der Waals surface area contributed by atoms with E-state index in [1.165, 1.54) is 19.3 Å². The lowest BCUT2D eigenvalue weighted by Gasteiger charge is -2.38.